The van der Waals surface area contributed by atoms with Crippen molar-refractivity contribution < 1.29 is 0 Å². The van der Waals surface area contributed by atoms with Crippen molar-refractivity contribution in [3.8, 4) is 0 Å². The number of fused-ring (bicyclic) bond motifs is 1. The monoisotopic (exact) mass is 412 g/mol. The van der Waals surface area contributed by atoms with Gasteiger partial charge in [0.2, 0.25) is 5.95 Å². The zero-order valence-electron chi connectivity index (χ0n) is 18.1. The highest BCUT2D eigenvalue weighted by Crippen LogP contribution is 2.27. The SMILES string of the molecule is Cc1nc(N2CCNC(c3ccccc3)CC2)nc(Nc2ccc3c(c2)C=NC3)c1C. The van der Waals surface area contributed by atoms with Crippen molar-refractivity contribution in [1.29, 1.82) is 0 Å². The Morgan fingerprint density at radius 1 is 1.03 bits per heavy atom. The molecule has 2 aliphatic rings. The summed E-state index contributed by atoms with van der Waals surface area (Å²) in [7, 11) is 0. The summed E-state index contributed by atoms with van der Waals surface area (Å²) in [5.41, 5.74) is 6.90. The lowest BCUT2D eigenvalue weighted by Gasteiger charge is -2.22. The van der Waals surface area contributed by atoms with E-state index in [0.717, 1.165) is 61.3 Å². The van der Waals surface area contributed by atoms with Gasteiger partial charge < -0.3 is 15.5 Å². The van der Waals surface area contributed by atoms with E-state index >= 15 is 0 Å². The molecule has 3 aromatic rings. The average molecular weight is 413 g/mol. The van der Waals surface area contributed by atoms with Crippen LogP contribution in [0.3, 0.4) is 0 Å². The second-order valence-electron chi connectivity index (χ2n) is 8.28. The van der Waals surface area contributed by atoms with Crippen molar-refractivity contribution >= 4 is 23.7 Å². The molecule has 0 amide bonds. The number of nitrogens with one attached hydrogen (secondary N) is 2. The standard InChI is InChI=1S/C25H28N6/c1-17-18(2)28-25(30-24(17)29-22-9-8-20-15-26-16-21(20)14-22)31-12-10-23(27-11-13-31)19-6-4-3-5-7-19/h3-9,14,16,23,27H,10-13,15H2,1-2H3,(H,28,29,30). The third-order valence-electron chi connectivity index (χ3n) is 6.22. The van der Waals surface area contributed by atoms with Gasteiger partial charge in [-0.15, -0.1) is 0 Å². The van der Waals surface area contributed by atoms with Crippen LogP contribution in [0.1, 0.15) is 40.4 Å². The quantitative estimate of drug-likeness (QED) is 0.668. The van der Waals surface area contributed by atoms with E-state index in [9.17, 15) is 0 Å². The fourth-order valence-corrected chi connectivity index (χ4v) is 4.24. The van der Waals surface area contributed by atoms with Gasteiger partial charge in [-0.05, 0) is 49.1 Å². The van der Waals surface area contributed by atoms with Crippen LogP contribution in [0.5, 0.6) is 0 Å². The minimum absolute atomic E-state index is 0.364. The van der Waals surface area contributed by atoms with Gasteiger partial charge in [-0.1, -0.05) is 36.4 Å². The molecule has 6 heteroatoms. The second-order valence-corrected chi connectivity index (χ2v) is 8.28. The van der Waals surface area contributed by atoms with E-state index in [-0.39, 0.29) is 0 Å². The van der Waals surface area contributed by atoms with Gasteiger partial charge in [-0.25, -0.2) is 4.98 Å². The summed E-state index contributed by atoms with van der Waals surface area (Å²) in [5, 5.41) is 7.19. The maximum absolute atomic E-state index is 4.93. The molecule has 0 aliphatic carbocycles. The molecule has 6 nitrogen and oxygen atoms in total. The van der Waals surface area contributed by atoms with Gasteiger partial charge in [0, 0.05) is 48.8 Å². The maximum Gasteiger partial charge on any atom is 0.227 e. The summed E-state index contributed by atoms with van der Waals surface area (Å²) in [4.78, 5) is 16.4. The van der Waals surface area contributed by atoms with E-state index in [1.807, 2.05) is 6.21 Å². The third kappa shape index (κ3) is 4.16. The summed E-state index contributed by atoms with van der Waals surface area (Å²) in [6, 6.07) is 17.4. The Hall–Kier alpha value is -3.25. The van der Waals surface area contributed by atoms with E-state index in [4.69, 9.17) is 9.97 Å². The number of aryl methyl sites for hydroxylation is 1. The maximum atomic E-state index is 4.93. The molecular formula is C25H28N6. The zero-order chi connectivity index (χ0) is 21.2. The lowest BCUT2D eigenvalue weighted by molar-refractivity contribution is 0.550. The molecule has 2 aliphatic heterocycles. The van der Waals surface area contributed by atoms with Crippen LogP contribution in [0.15, 0.2) is 53.5 Å². The molecule has 158 valence electrons. The lowest BCUT2D eigenvalue weighted by Crippen LogP contribution is -2.30. The second kappa shape index (κ2) is 8.47. The molecule has 2 N–H and O–H groups in total. The number of benzene rings is 2. The molecule has 1 aromatic heterocycles. The molecule has 1 fully saturated rings. The van der Waals surface area contributed by atoms with Crippen LogP contribution in [0.4, 0.5) is 17.5 Å². The minimum Gasteiger partial charge on any atom is -0.340 e. The Morgan fingerprint density at radius 2 is 1.90 bits per heavy atom. The number of nitrogens with zero attached hydrogens (tertiary/aromatic N) is 4. The van der Waals surface area contributed by atoms with Crippen molar-refractivity contribution in [2.24, 2.45) is 4.99 Å². The van der Waals surface area contributed by atoms with Crippen LogP contribution >= 0.6 is 0 Å². The zero-order valence-corrected chi connectivity index (χ0v) is 18.1. The first-order chi connectivity index (χ1) is 15.2. The molecular weight excluding hydrogens is 384 g/mol. The Bertz CT molecular complexity index is 1110. The van der Waals surface area contributed by atoms with Gasteiger partial charge in [-0.2, -0.15) is 4.98 Å². The number of aromatic nitrogens is 2. The number of anilines is 3. The first-order valence-electron chi connectivity index (χ1n) is 11.0. The number of hydrogen-bond donors (Lipinski definition) is 2. The normalized spacial score (nSPS) is 18.0. The van der Waals surface area contributed by atoms with Crippen molar-refractivity contribution in [2.45, 2.75) is 32.9 Å². The Balaban J connectivity index is 1.36. The molecule has 5 rings (SSSR count). The van der Waals surface area contributed by atoms with Crippen LogP contribution in [0, 0.1) is 13.8 Å². The molecule has 1 unspecified atom stereocenters. The van der Waals surface area contributed by atoms with Crippen molar-refractivity contribution in [2.75, 3.05) is 29.9 Å². The molecule has 2 aromatic carbocycles. The number of rotatable bonds is 4. The molecule has 3 heterocycles. The van der Waals surface area contributed by atoms with Gasteiger partial charge in [0.25, 0.3) is 0 Å². The largest absolute Gasteiger partial charge is 0.340 e. The lowest BCUT2D eigenvalue weighted by atomic mass is 10.0. The average Bonchev–Trinajstić information content (AvgIpc) is 3.12. The van der Waals surface area contributed by atoms with Gasteiger partial charge in [0.1, 0.15) is 5.82 Å². The Kier molecular flexibility index (Phi) is 5.38. The van der Waals surface area contributed by atoms with Crippen molar-refractivity contribution in [3.05, 3.63) is 76.5 Å². The minimum atomic E-state index is 0.364. The highest BCUT2D eigenvalue weighted by atomic mass is 15.3. The smallest absolute Gasteiger partial charge is 0.227 e. The van der Waals surface area contributed by atoms with Crippen LogP contribution in [-0.2, 0) is 6.54 Å². The summed E-state index contributed by atoms with van der Waals surface area (Å²) in [5.74, 6) is 1.66. The summed E-state index contributed by atoms with van der Waals surface area (Å²) in [6.45, 7) is 7.63. The topological polar surface area (TPSA) is 65.4 Å². The van der Waals surface area contributed by atoms with Crippen LogP contribution in [0.25, 0.3) is 0 Å². The number of aliphatic imine (C=N–C) groups is 1. The van der Waals surface area contributed by atoms with E-state index in [0.29, 0.717) is 6.04 Å². The van der Waals surface area contributed by atoms with Gasteiger partial charge >= 0.3 is 0 Å². The molecule has 0 spiro atoms. The van der Waals surface area contributed by atoms with E-state index in [2.05, 4.69) is 82.9 Å². The fraction of sp³-hybridized carbons (Fsp3) is 0.320. The molecule has 1 saturated heterocycles. The fourth-order valence-electron chi connectivity index (χ4n) is 4.24. The van der Waals surface area contributed by atoms with Crippen molar-refractivity contribution in [3.63, 3.8) is 0 Å². The Morgan fingerprint density at radius 3 is 2.77 bits per heavy atom. The van der Waals surface area contributed by atoms with E-state index < -0.39 is 0 Å². The molecule has 0 radical (unpaired) electrons. The molecule has 0 bridgehead atoms. The van der Waals surface area contributed by atoms with Gasteiger partial charge in [0.15, 0.2) is 0 Å². The van der Waals surface area contributed by atoms with Gasteiger partial charge in [0.05, 0.1) is 6.54 Å². The predicted molar refractivity (Wildman–Crippen MR) is 127 cm³/mol. The first kappa shape index (κ1) is 19.7. The first-order valence-corrected chi connectivity index (χ1v) is 11.0. The van der Waals surface area contributed by atoms with Crippen LogP contribution in [-0.4, -0.2) is 35.8 Å². The summed E-state index contributed by atoms with van der Waals surface area (Å²) < 4.78 is 0. The van der Waals surface area contributed by atoms with Crippen LogP contribution in [0.2, 0.25) is 0 Å². The molecule has 0 saturated carbocycles. The highest BCUT2D eigenvalue weighted by molar-refractivity contribution is 5.86. The van der Waals surface area contributed by atoms with E-state index in [1.165, 1.54) is 16.7 Å². The summed E-state index contributed by atoms with van der Waals surface area (Å²) >= 11 is 0. The third-order valence-corrected chi connectivity index (χ3v) is 6.22. The van der Waals surface area contributed by atoms with E-state index in [1.54, 1.807) is 0 Å². The molecule has 31 heavy (non-hydrogen) atoms. The number of hydrogen-bond acceptors (Lipinski definition) is 6. The summed E-state index contributed by atoms with van der Waals surface area (Å²) in [6.07, 6.45) is 2.96. The highest BCUT2D eigenvalue weighted by Gasteiger charge is 2.21. The molecule has 1 atom stereocenters. The van der Waals surface area contributed by atoms with Crippen molar-refractivity contribution in [1.82, 2.24) is 15.3 Å². The van der Waals surface area contributed by atoms with Gasteiger partial charge in [-0.3, -0.25) is 4.99 Å². The Labute approximate surface area is 183 Å². The van der Waals surface area contributed by atoms with Crippen LogP contribution < -0.4 is 15.5 Å². The predicted octanol–water partition coefficient (Wildman–Crippen LogP) is 4.31.